The first kappa shape index (κ1) is 9.66. The zero-order chi connectivity index (χ0) is 10.8. The van der Waals surface area contributed by atoms with Crippen molar-refractivity contribution in [1.82, 2.24) is 15.2 Å². The molecule has 15 heavy (non-hydrogen) atoms. The van der Waals surface area contributed by atoms with Crippen molar-refractivity contribution < 1.29 is 4.79 Å². The smallest absolute Gasteiger partial charge is 0.273 e. The summed E-state index contributed by atoms with van der Waals surface area (Å²) in [6.45, 7) is 1.82. The number of amides is 1. The van der Waals surface area contributed by atoms with Crippen LogP contribution in [-0.2, 0) is 0 Å². The number of aromatic amines is 1. The molecule has 78 valence electrons. The van der Waals surface area contributed by atoms with E-state index in [9.17, 15) is 4.79 Å². The van der Waals surface area contributed by atoms with E-state index in [1.807, 2.05) is 6.92 Å². The molecule has 2 rings (SSSR count). The third kappa shape index (κ3) is 2.13. The molecular formula is C8H9N5OS. The Morgan fingerprint density at radius 1 is 1.60 bits per heavy atom. The minimum atomic E-state index is -0.275. The Morgan fingerprint density at radius 3 is 2.93 bits per heavy atom. The maximum absolute atomic E-state index is 11.6. The predicted molar refractivity (Wildman–Crippen MR) is 57.8 cm³/mol. The molecule has 0 radical (unpaired) electrons. The molecule has 0 saturated carbocycles. The van der Waals surface area contributed by atoms with Gasteiger partial charge < -0.3 is 10.7 Å². The first-order valence-corrected chi connectivity index (χ1v) is 5.02. The summed E-state index contributed by atoms with van der Waals surface area (Å²) in [5.41, 5.74) is 6.40. The van der Waals surface area contributed by atoms with E-state index < -0.39 is 0 Å². The molecule has 0 aromatic carbocycles. The maximum atomic E-state index is 11.6. The van der Waals surface area contributed by atoms with Crippen LogP contribution in [0.15, 0.2) is 12.3 Å². The lowest BCUT2D eigenvalue weighted by Crippen LogP contribution is -2.11. The van der Waals surface area contributed by atoms with Gasteiger partial charge in [0, 0.05) is 11.9 Å². The number of H-pyrrole nitrogens is 1. The Hall–Kier alpha value is -1.89. The summed E-state index contributed by atoms with van der Waals surface area (Å²) in [5, 5.41) is 11.5. The summed E-state index contributed by atoms with van der Waals surface area (Å²) in [5.74, 6) is -0.275. The third-order valence-electron chi connectivity index (χ3n) is 1.70. The highest BCUT2D eigenvalue weighted by Gasteiger charge is 2.10. The highest BCUT2D eigenvalue weighted by atomic mass is 32.1. The first-order valence-electron chi connectivity index (χ1n) is 4.20. The van der Waals surface area contributed by atoms with Crippen molar-refractivity contribution in [3.05, 3.63) is 23.0 Å². The van der Waals surface area contributed by atoms with Crippen LogP contribution >= 0.6 is 11.3 Å². The Kier molecular flexibility index (Phi) is 2.38. The predicted octanol–water partition coefficient (Wildman–Crippen LogP) is 1.01. The van der Waals surface area contributed by atoms with Gasteiger partial charge in [0.2, 0.25) is 5.13 Å². The highest BCUT2D eigenvalue weighted by molar-refractivity contribution is 7.15. The number of nitrogens with two attached hydrogens (primary N) is 1. The minimum absolute atomic E-state index is 0.275. The average Bonchev–Trinajstić information content (AvgIpc) is 2.75. The topological polar surface area (TPSA) is 96.7 Å². The van der Waals surface area contributed by atoms with Gasteiger partial charge in [-0.15, -0.1) is 10.2 Å². The van der Waals surface area contributed by atoms with Crippen LogP contribution in [0.3, 0.4) is 0 Å². The second-order valence-corrected chi connectivity index (χ2v) is 4.11. The number of anilines is 2. The van der Waals surface area contributed by atoms with Crippen LogP contribution in [-0.4, -0.2) is 21.1 Å². The van der Waals surface area contributed by atoms with Crippen molar-refractivity contribution in [2.24, 2.45) is 0 Å². The second kappa shape index (κ2) is 3.70. The van der Waals surface area contributed by atoms with Gasteiger partial charge in [0.1, 0.15) is 10.7 Å². The summed E-state index contributed by atoms with van der Waals surface area (Å²) in [6, 6.07) is 1.56. The molecule has 4 N–H and O–H groups in total. The van der Waals surface area contributed by atoms with Gasteiger partial charge in [-0.1, -0.05) is 11.3 Å². The van der Waals surface area contributed by atoms with Crippen molar-refractivity contribution in [3.8, 4) is 0 Å². The van der Waals surface area contributed by atoms with Gasteiger partial charge in [-0.25, -0.2) is 0 Å². The molecule has 0 bridgehead atoms. The molecule has 0 fully saturated rings. The number of nitrogens with zero attached hydrogens (tertiary/aromatic N) is 2. The molecule has 7 heteroatoms. The SMILES string of the molecule is Cc1nnc(NC(=O)c2cc(N)c[nH]2)s1. The Labute approximate surface area is 89.5 Å². The third-order valence-corrected chi connectivity index (χ3v) is 2.45. The normalized spacial score (nSPS) is 10.2. The van der Waals surface area contributed by atoms with Gasteiger partial charge in [0.05, 0.1) is 0 Å². The number of carbonyl (C=O) groups excluding carboxylic acids is 1. The zero-order valence-electron chi connectivity index (χ0n) is 7.94. The molecule has 1 amide bonds. The number of aromatic nitrogens is 3. The fourth-order valence-corrected chi connectivity index (χ4v) is 1.64. The molecule has 2 aromatic rings. The van der Waals surface area contributed by atoms with Gasteiger partial charge in [-0.3, -0.25) is 10.1 Å². The van der Waals surface area contributed by atoms with Crippen LogP contribution in [0.25, 0.3) is 0 Å². The van der Waals surface area contributed by atoms with Crippen molar-refractivity contribution in [2.45, 2.75) is 6.92 Å². The number of aryl methyl sites for hydroxylation is 1. The molecular weight excluding hydrogens is 214 g/mol. The summed E-state index contributed by atoms with van der Waals surface area (Å²) in [7, 11) is 0. The minimum Gasteiger partial charge on any atom is -0.397 e. The molecule has 0 aliphatic heterocycles. The molecule has 0 unspecified atom stereocenters. The van der Waals surface area contributed by atoms with E-state index in [2.05, 4.69) is 20.5 Å². The van der Waals surface area contributed by atoms with Crippen molar-refractivity contribution in [3.63, 3.8) is 0 Å². The number of hydrogen-bond acceptors (Lipinski definition) is 5. The van der Waals surface area contributed by atoms with E-state index in [0.717, 1.165) is 5.01 Å². The Bertz CT molecular complexity index is 489. The maximum Gasteiger partial charge on any atom is 0.273 e. The molecule has 2 heterocycles. The highest BCUT2D eigenvalue weighted by Crippen LogP contribution is 2.15. The lowest BCUT2D eigenvalue weighted by molar-refractivity contribution is 0.102. The number of nitrogen functional groups attached to an aromatic ring is 1. The Morgan fingerprint density at radius 2 is 2.40 bits per heavy atom. The molecule has 2 aromatic heterocycles. The quantitative estimate of drug-likeness (QED) is 0.707. The number of hydrogen-bond donors (Lipinski definition) is 3. The van der Waals surface area contributed by atoms with Crippen LogP contribution in [0.2, 0.25) is 0 Å². The molecule has 0 aliphatic rings. The van der Waals surface area contributed by atoms with Gasteiger partial charge in [-0.2, -0.15) is 0 Å². The van der Waals surface area contributed by atoms with Crippen LogP contribution in [0, 0.1) is 6.92 Å². The summed E-state index contributed by atoms with van der Waals surface area (Å²) in [6.07, 6.45) is 1.56. The van der Waals surface area contributed by atoms with E-state index in [0.29, 0.717) is 16.5 Å². The summed E-state index contributed by atoms with van der Waals surface area (Å²) < 4.78 is 0. The molecule has 0 aliphatic carbocycles. The molecule has 0 atom stereocenters. The fourth-order valence-electron chi connectivity index (χ4n) is 1.05. The van der Waals surface area contributed by atoms with E-state index >= 15 is 0 Å². The van der Waals surface area contributed by atoms with E-state index in [1.54, 1.807) is 12.3 Å². The number of carbonyl (C=O) groups is 1. The largest absolute Gasteiger partial charge is 0.397 e. The second-order valence-electron chi connectivity index (χ2n) is 2.93. The van der Waals surface area contributed by atoms with Crippen molar-refractivity contribution in [2.75, 3.05) is 11.1 Å². The van der Waals surface area contributed by atoms with Gasteiger partial charge in [0.25, 0.3) is 5.91 Å². The lowest BCUT2D eigenvalue weighted by atomic mass is 10.4. The van der Waals surface area contributed by atoms with Crippen molar-refractivity contribution >= 4 is 28.1 Å². The lowest BCUT2D eigenvalue weighted by Gasteiger charge is -1.96. The number of rotatable bonds is 2. The fraction of sp³-hybridized carbons (Fsp3) is 0.125. The summed E-state index contributed by atoms with van der Waals surface area (Å²) >= 11 is 1.32. The van der Waals surface area contributed by atoms with E-state index in [1.165, 1.54) is 11.3 Å². The van der Waals surface area contributed by atoms with Crippen LogP contribution < -0.4 is 11.1 Å². The Balaban J connectivity index is 2.10. The monoisotopic (exact) mass is 223 g/mol. The van der Waals surface area contributed by atoms with E-state index in [-0.39, 0.29) is 5.91 Å². The molecule has 0 saturated heterocycles. The standard InChI is InChI=1S/C8H9N5OS/c1-4-12-13-8(15-4)11-7(14)6-2-5(9)3-10-6/h2-3,10H,9H2,1H3,(H,11,13,14). The van der Waals surface area contributed by atoms with Gasteiger partial charge in [-0.05, 0) is 13.0 Å². The number of nitrogens with one attached hydrogen (secondary N) is 2. The molecule has 6 nitrogen and oxygen atoms in total. The van der Waals surface area contributed by atoms with E-state index in [4.69, 9.17) is 5.73 Å². The van der Waals surface area contributed by atoms with Crippen LogP contribution in [0.4, 0.5) is 10.8 Å². The van der Waals surface area contributed by atoms with Crippen LogP contribution in [0.5, 0.6) is 0 Å². The molecule has 0 spiro atoms. The van der Waals surface area contributed by atoms with Gasteiger partial charge in [0.15, 0.2) is 0 Å². The first-order chi connectivity index (χ1) is 7.15. The van der Waals surface area contributed by atoms with Crippen LogP contribution in [0.1, 0.15) is 15.5 Å². The zero-order valence-corrected chi connectivity index (χ0v) is 8.76. The van der Waals surface area contributed by atoms with Gasteiger partial charge >= 0.3 is 0 Å². The summed E-state index contributed by atoms with van der Waals surface area (Å²) in [4.78, 5) is 14.3. The van der Waals surface area contributed by atoms with Crippen molar-refractivity contribution in [1.29, 1.82) is 0 Å². The average molecular weight is 223 g/mol.